The Hall–Kier alpha value is -1.18. The van der Waals surface area contributed by atoms with E-state index in [-0.39, 0.29) is 7.25 Å². The number of benzene rings is 3. The number of hydrogen-bond acceptors (Lipinski definition) is 0. The van der Waals surface area contributed by atoms with Gasteiger partial charge in [-0.05, 0) is 0 Å². The maximum absolute atomic E-state index is 8.32. The molecule has 0 radical (unpaired) electrons. The van der Waals surface area contributed by atoms with Crippen molar-refractivity contribution in [2.45, 2.75) is 31.8 Å². The Morgan fingerprint density at radius 1 is 0.875 bits per heavy atom. The van der Waals surface area contributed by atoms with Crippen LogP contribution in [0.3, 0.4) is 0 Å². The van der Waals surface area contributed by atoms with E-state index in [1.165, 1.54) is 39.0 Å². The molecule has 0 amide bonds. The van der Waals surface area contributed by atoms with Crippen molar-refractivity contribution in [1.29, 1.82) is 0 Å². The van der Waals surface area contributed by atoms with E-state index in [0.717, 1.165) is 4.13 Å². The van der Waals surface area contributed by atoms with Gasteiger partial charge in [0.05, 0.1) is 0 Å². The Kier molecular flexibility index (Phi) is 5.23. The standard InChI is InChI=1S/C16H13.C9H7.C2H5.CH5Si.2ClH.Zr/c1-12-10-14-8-5-9-15(16(14)11-12)13-6-3-2-4-7-13;1-2-5-9-7-3-6-8(9)4-1;2*1-2;;;/h2-11H,1H3;1-7H;1H2,2H3;2H2,1H3;2*1H;/q;;;;;;+2/p-2. The van der Waals surface area contributed by atoms with Crippen LogP contribution in [0.5, 0.6) is 0 Å². The van der Waals surface area contributed by atoms with E-state index in [9.17, 15) is 0 Å². The monoisotopic (exact) mass is 554 g/mol. The van der Waals surface area contributed by atoms with Gasteiger partial charge in [0.1, 0.15) is 0 Å². The Balaban J connectivity index is 1.78. The van der Waals surface area contributed by atoms with E-state index < -0.39 is 20.7 Å². The fraction of sp³-hybridized carbons (Fsp3) is 0.214. The molecule has 0 saturated heterocycles. The summed E-state index contributed by atoms with van der Waals surface area (Å²) in [7, 11) is 16.6. The van der Waals surface area contributed by atoms with E-state index in [1.54, 1.807) is 0 Å². The van der Waals surface area contributed by atoms with Crippen molar-refractivity contribution in [3.63, 3.8) is 0 Å². The molecule has 2 aliphatic carbocycles. The van der Waals surface area contributed by atoms with E-state index in [1.807, 2.05) is 0 Å². The quantitative estimate of drug-likeness (QED) is 0.276. The van der Waals surface area contributed by atoms with Crippen molar-refractivity contribution in [1.82, 2.24) is 0 Å². The number of hydrogen-bond donors (Lipinski definition) is 0. The molecule has 2 atom stereocenters. The summed E-state index contributed by atoms with van der Waals surface area (Å²) in [5.41, 5.74) is 9.15. The van der Waals surface area contributed by atoms with Gasteiger partial charge in [-0.2, -0.15) is 0 Å². The van der Waals surface area contributed by atoms with Crippen molar-refractivity contribution in [3.05, 3.63) is 107 Å². The van der Waals surface area contributed by atoms with Gasteiger partial charge in [-0.25, -0.2) is 0 Å². The van der Waals surface area contributed by atoms with Crippen molar-refractivity contribution < 1.29 is 14.1 Å². The molecule has 0 nitrogen and oxygen atoms in total. The predicted molar refractivity (Wildman–Crippen MR) is 143 cm³/mol. The molecule has 0 aliphatic heterocycles. The summed E-state index contributed by atoms with van der Waals surface area (Å²) in [4.78, 5) is 0. The van der Waals surface area contributed by atoms with Crippen LogP contribution in [0.15, 0.2) is 84.4 Å². The third-order valence-electron chi connectivity index (χ3n) is 8.66. The molecule has 0 heterocycles. The van der Waals surface area contributed by atoms with E-state index in [4.69, 9.17) is 17.0 Å². The van der Waals surface area contributed by atoms with E-state index in [0.29, 0.717) is 0 Å². The second-order valence-electron chi connectivity index (χ2n) is 9.94. The summed E-state index contributed by atoms with van der Waals surface area (Å²) in [6.45, 7) is 6.14. The van der Waals surface area contributed by atoms with Crippen LogP contribution in [0.4, 0.5) is 0 Å². The molecular weight excluding hydrogens is 527 g/mol. The maximum atomic E-state index is 8.32. The number of fused-ring (bicyclic) bond motifs is 2. The van der Waals surface area contributed by atoms with Crippen LogP contribution in [0.1, 0.15) is 43.4 Å². The van der Waals surface area contributed by atoms with Crippen LogP contribution in [0.25, 0.3) is 23.3 Å². The van der Waals surface area contributed by atoms with E-state index in [2.05, 4.69) is 111 Å². The summed E-state index contributed by atoms with van der Waals surface area (Å²) in [6, 6.07) is 26.1. The molecule has 164 valence electrons. The SMILES string of the molecule is C[CH2][Zr]([Cl])([Cl])([SiH2]C)([CH]1C=Cc2ccccc21)[CH]1C(C)=Cc2c(-c3ccccc3)cccc21. The first-order valence-corrected chi connectivity index (χ1v) is 29.9. The van der Waals surface area contributed by atoms with Crippen LogP contribution < -0.4 is 0 Å². The number of rotatable bonds is 5. The predicted octanol–water partition coefficient (Wildman–Crippen LogP) is 8.68. The van der Waals surface area contributed by atoms with Crippen LogP contribution in [-0.2, 0) is 14.1 Å². The first-order valence-electron chi connectivity index (χ1n) is 11.7. The summed E-state index contributed by atoms with van der Waals surface area (Å²) in [5.74, 6) is 0. The fourth-order valence-corrected chi connectivity index (χ4v) is 42.2. The van der Waals surface area contributed by atoms with Crippen LogP contribution >= 0.6 is 17.0 Å². The average Bonchev–Trinajstić information content (AvgIpc) is 3.42. The van der Waals surface area contributed by atoms with Gasteiger partial charge in [0.2, 0.25) is 0 Å². The van der Waals surface area contributed by atoms with Crippen molar-refractivity contribution in [3.8, 4) is 11.1 Å². The zero-order chi connectivity index (χ0) is 22.6. The van der Waals surface area contributed by atoms with Gasteiger partial charge < -0.3 is 0 Å². The molecule has 0 spiro atoms. The molecule has 0 aromatic heterocycles. The molecule has 2 unspecified atom stereocenters. The summed E-state index contributed by atoms with van der Waals surface area (Å²) in [6.07, 6.45) is 6.99. The molecular formula is C28H30Cl2SiZr. The second kappa shape index (κ2) is 7.41. The molecule has 3 aromatic rings. The first kappa shape index (κ1) is 22.6. The second-order valence-corrected chi connectivity index (χ2v) is 63.9. The zero-order valence-corrected chi connectivity index (χ0v) is 24.4. The third-order valence-corrected chi connectivity index (χ3v) is 65.9. The first-order chi connectivity index (χ1) is 15.3. The normalized spacial score (nSPS) is 21.8. The Morgan fingerprint density at radius 3 is 2.28 bits per heavy atom. The zero-order valence-electron chi connectivity index (χ0n) is 19.0. The van der Waals surface area contributed by atoms with Crippen LogP contribution in [0, 0.1) is 0 Å². The van der Waals surface area contributed by atoms with Gasteiger partial charge in [0, 0.05) is 0 Å². The Labute approximate surface area is 198 Å². The molecule has 3 aromatic carbocycles. The van der Waals surface area contributed by atoms with Gasteiger partial charge in [-0.15, -0.1) is 0 Å². The van der Waals surface area contributed by atoms with E-state index >= 15 is 0 Å². The van der Waals surface area contributed by atoms with Gasteiger partial charge in [0.25, 0.3) is 0 Å². The van der Waals surface area contributed by atoms with Crippen LogP contribution in [0.2, 0.25) is 10.7 Å². The molecule has 5 rings (SSSR count). The molecule has 4 heteroatoms. The van der Waals surface area contributed by atoms with Crippen molar-refractivity contribution >= 4 is 35.8 Å². The third kappa shape index (κ3) is 2.96. The fourth-order valence-electron chi connectivity index (χ4n) is 6.69. The summed E-state index contributed by atoms with van der Waals surface area (Å²) >= 11 is -4.95. The molecule has 0 N–H and O–H groups in total. The molecule has 0 fully saturated rings. The molecule has 32 heavy (non-hydrogen) atoms. The van der Waals surface area contributed by atoms with Crippen LogP contribution in [-0.4, -0.2) is 6.65 Å². The summed E-state index contributed by atoms with van der Waals surface area (Å²) in [5, 5.41) is 0. The number of allylic oxidation sites excluding steroid dienone is 2. The average molecular weight is 557 g/mol. The summed E-state index contributed by atoms with van der Waals surface area (Å²) < 4.78 is 1.18. The van der Waals surface area contributed by atoms with Gasteiger partial charge >= 0.3 is 199 Å². The number of halogens is 2. The van der Waals surface area contributed by atoms with Crippen molar-refractivity contribution in [2.75, 3.05) is 0 Å². The minimum absolute atomic E-state index is 0.140. The molecule has 0 saturated carbocycles. The van der Waals surface area contributed by atoms with Gasteiger partial charge in [-0.1, -0.05) is 0 Å². The Morgan fingerprint density at radius 2 is 1.56 bits per heavy atom. The Bertz CT molecular complexity index is 1280. The van der Waals surface area contributed by atoms with Gasteiger partial charge in [0.15, 0.2) is 0 Å². The minimum atomic E-state index is -4.95. The van der Waals surface area contributed by atoms with Crippen molar-refractivity contribution in [2.24, 2.45) is 0 Å². The molecule has 2 aliphatic rings. The van der Waals surface area contributed by atoms with Gasteiger partial charge in [-0.3, -0.25) is 0 Å². The molecule has 0 bridgehead atoms. The topological polar surface area (TPSA) is 0 Å².